The predicted octanol–water partition coefficient (Wildman–Crippen LogP) is 4.52. The van der Waals surface area contributed by atoms with Crippen LogP contribution < -0.4 is 9.47 Å². The van der Waals surface area contributed by atoms with Gasteiger partial charge in [0.1, 0.15) is 19.3 Å². The second-order valence-corrected chi connectivity index (χ2v) is 7.65. The number of nitriles is 1. The maximum Gasteiger partial charge on any atom is 0.339 e. The largest absolute Gasteiger partial charge is 0.486 e. The Labute approximate surface area is 183 Å². The van der Waals surface area contributed by atoms with Crippen LogP contribution in [0.1, 0.15) is 26.3 Å². The van der Waals surface area contributed by atoms with E-state index in [9.17, 15) is 14.9 Å². The van der Waals surface area contributed by atoms with E-state index in [1.807, 2.05) is 12.1 Å². The maximum atomic E-state index is 12.7. The first kappa shape index (κ1) is 20.5. The van der Waals surface area contributed by atoms with Crippen LogP contribution in [-0.4, -0.2) is 31.6 Å². The summed E-state index contributed by atoms with van der Waals surface area (Å²) < 4.78 is 16.2. The van der Waals surface area contributed by atoms with Gasteiger partial charge < -0.3 is 14.2 Å². The summed E-state index contributed by atoms with van der Waals surface area (Å²) in [5.41, 5.74) is 1.22. The third kappa shape index (κ3) is 4.71. The molecule has 0 radical (unpaired) electrons. The Hall–Kier alpha value is -3.76. The van der Waals surface area contributed by atoms with Crippen molar-refractivity contribution < 1.29 is 23.8 Å². The molecule has 1 aliphatic rings. The average molecular weight is 431 g/mol. The van der Waals surface area contributed by atoms with Gasteiger partial charge in [-0.3, -0.25) is 4.79 Å². The molecule has 0 saturated carbocycles. The number of hydrogen-bond donors (Lipinski definition) is 0. The lowest BCUT2D eigenvalue weighted by molar-refractivity contribution is 0.0471. The number of ketones is 1. The smallest absolute Gasteiger partial charge is 0.339 e. The highest BCUT2D eigenvalue weighted by atomic mass is 32.2. The van der Waals surface area contributed by atoms with Crippen molar-refractivity contribution in [1.29, 1.82) is 5.26 Å². The molecule has 0 N–H and O–H groups in total. The zero-order valence-corrected chi connectivity index (χ0v) is 17.2. The molecule has 3 aromatic rings. The van der Waals surface area contributed by atoms with Crippen molar-refractivity contribution in [3.8, 4) is 17.6 Å². The molecule has 0 bridgehead atoms. The number of nitrogens with zero attached hydrogens (tertiary/aromatic N) is 1. The first-order chi connectivity index (χ1) is 15.2. The highest BCUT2D eigenvalue weighted by Gasteiger charge is 2.19. The van der Waals surface area contributed by atoms with Gasteiger partial charge in [0.05, 0.1) is 11.1 Å². The number of rotatable bonds is 6. The van der Waals surface area contributed by atoms with Crippen LogP contribution >= 0.6 is 11.8 Å². The molecular weight excluding hydrogens is 414 g/mol. The molecule has 0 aromatic heterocycles. The zero-order valence-electron chi connectivity index (χ0n) is 16.4. The fraction of sp³-hybridized carbons (Fsp3) is 0.125. The predicted molar refractivity (Wildman–Crippen MR) is 114 cm³/mol. The van der Waals surface area contributed by atoms with E-state index in [1.165, 1.54) is 11.8 Å². The number of carbonyl (C=O) groups is 2. The maximum absolute atomic E-state index is 12.7. The molecule has 6 nitrogen and oxygen atoms in total. The number of benzene rings is 3. The van der Waals surface area contributed by atoms with Crippen molar-refractivity contribution in [3.63, 3.8) is 0 Å². The quantitative estimate of drug-likeness (QED) is 0.419. The molecule has 0 unspecified atom stereocenters. The van der Waals surface area contributed by atoms with Crippen LogP contribution in [0, 0.1) is 11.3 Å². The van der Waals surface area contributed by atoms with Crippen LogP contribution in [0.2, 0.25) is 0 Å². The number of Topliss-reactive ketones (excluding diaryl/α,β-unsaturated/α-hetero) is 1. The molecule has 1 aliphatic heterocycles. The van der Waals surface area contributed by atoms with Gasteiger partial charge in [-0.25, -0.2) is 4.79 Å². The highest BCUT2D eigenvalue weighted by molar-refractivity contribution is 7.99. The summed E-state index contributed by atoms with van der Waals surface area (Å²) in [7, 11) is 0. The van der Waals surface area contributed by atoms with E-state index in [4.69, 9.17) is 14.2 Å². The van der Waals surface area contributed by atoms with E-state index in [1.54, 1.807) is 54.6 Å². The summed E-state index contributed by atoms with van der Waals surface area (Å²) in [6.07, 6.45) is 0. The highest BCUT2D eigenvalue weighted by Crippen LogP contribution is 2.33. The van der Waals surface area contributed by atoms with Gasteiger partial charge in [0.15, 0.2) is 23.9 Å². The molecule has 0 saturated heterocycles. The Bertz CT molecular complexity index is 1180. The summed E-state index contributed by atoms with van der Waals surface area (Å²) in [5, 5.41) is 9.29. The van der Waals surface area contributed by atoms with E-state index < -0.39 is 12.6 Å². The summed E-state index contributed by atoms with van der Waals surface area (Å²) in [6.45, 7) is 0.490. The molecule has 0 aliphatic carbocycles. The van der Waals surface area contributed by atoms with E-state index >= 15 is 0 Å². The standard InChI is InChI=1S/C24H17NO5S/c25-14-17-5-1-3-7-22(17)31-23-8-4-2-6-18(23)24(27)30-15-19(26)16-9-10-20-21(13-16)29-12-11-28-20/h1-10,13H,11-12,15H2. The number of carbonyl (C=O) groups excluding carboxylic acids is 2. The minimum Gasteiger partial charge on any atom is -0.486 e. The molecule has 3 aromatic carbocycles. The Balaban J connectivity index is 1.46. The third-order valence-electron chi connectivity index (χ3n) is 4.53. The minimum absolute atomic E-state index is 0.329. The molecule has 0 fully saturated rings. The van der Waals surface area contributed by atoms with Gasteiger partial charge in [0.2, 0.25) is 0 Å². The van der Waals surface area contributed by atoms with Crippen molar-refractivity contribution in [3.05, 3.63) is 83.4 Å². The zero-order chi connectivity index (χ0) is 21.6. The van der Waals surface area contributed by atoms with E-state index in [0.717, 1.165) is 4.90 Å². The molecule has 4 rings (SSSR count). The summed E-state index contributed by atoms with van der Waals surface area (Å²) in [5.74, 6) is 0.137. The van der Waals surface area contributed by atoms with Gasteiger partial charge in [-0.2, -0.15) is 5.26 Å². The molecule has 154 valence electrons. The number of fused-ring (bicyclic) bond motifs is 1. The first-order valence-electron chi connectivity index (χ1n) is 9.51. The van der Waals surface area contributed by atoms with Crippen LogP contribution in [0.5, 0.6) is 11.5 Å². The van der Waals surface area contributed by atoms with Crippen molar-refractivity contribution in [1.82, 2.24) is 0 Å². The second kappa shape index (κ2) is 9.37. The van der Waals surface area contributed by atoms with E-state index in [-0.39, 0.29) is 5.78 Å². The van der Waals surface area contributed by atoms with Crippen molar-refractivity contribution in [2.24, 2.45) is 0 Å². The Morgan fingerprint density at radius 1 is 0.935 bits per heavy atom. The molecule has 1 heterocycles. The lowest BCUT2D eigenvalue weighted by Crippen LogP contribution is -2.17. The van der Waals surface area contributed by atoms with Crippen molar-refractivity contribution in [2.45, 2.75) is 9.79 Å². The van der Waals surface area contributed by atoms with Gasteiger partial charge in [-0.05, 0) is 42.5 Å². The Kier molecular flexibility index (Phi) is 6.20. The first-order valence-corrected chi connectivity index (χ1v) is 10.3. The molecule has 31 heavy (non-hydrogen) atoms. The van der Waals surface area contributed by atoms with Crippen molar-refractivity contribution >= 4 is 23.5 Å². The fourth-order valence-corrected chi connectivity index (χ4v) is 4.01. The van der Waals surface area contributed by atoms with Crippen LogP contribution in [0.25, 0.3) is 0 Å². The van der Waals surface area contributed by atoms with Crippen LogP contribution in [-0.2, 0) is 4.74 Å². The normalized spacial score (nSPS) is 12.0. The average Bonchev–Trinajstić information content (AvgIpc) is 2.82. The van der Waals surface area contributed by atoms with Gasteiger partial charge >= 0.3 is 5.97 Å². The van der Waals surface area contributed by atoms with Crippen LogP contribution in [0.3, 0.4) is 0 Å². The van der Waals surface area contributed by atoms with E-state index in [0.29, 0.717) is 46.3 Å². The fourth-order valence-electron chi connectivity index (χ4n) is 3.00. The summed E-state index contributed by atoms with van der Waals surface area (Å²) in [6, 6.07) is 21.1. The SMILES string of the molecule is N#Cc1ccccc1Sc1ccccc1C(=O)OCC(=O)c1ccc2c(c1)OCCO2. The van der Waals surface area contributed by atoms with Gasteiger partial charge in [0, 0.05) is 15.4 Å². The third-order valence-corrected chi connectivity index (χ3v) is 5.68. The van der Waals surface area contributed by atoms with E-state index in [2.05, 4.69) is 6.07 Å². The molecule has 7 heteroatoms. The molecule has 0 spiro atoms. The monoisotopic (exact) mass is 431 g/mol. The second-order valence-electron chi connectivity index (χ2n) is 6.56. The minimum atomic E-state index is -0.608. The van der Waals surface area contributed by atoms with Crippen LogP contribution in [0.15, 0.2) is 76.5 Å². The summed E-state index contributed by atoms with van der Waals surface area (Å²) in [4.78, 5) is 26.6. The number of esters is 1. The Morgan fingerprint density at radius 2 is 1.65 bits per heavy atom. The topological polar surface area (TPSA) is 85.6 Å². The summed E-state index contributed by atoms with van der Waals surface area (Å²) >= 11 is 1.30. The Morgan fingerprint density at radius 3 is 2.45 bits per heavy atom. The lowest BCUT2D eigenvalue weighted by atomic mass is 10.1. The van der Waals surface area contributed by atoms with Crippen LogP contribution in [0.4, 0.5) is 0 Å². The number of hydrogen-bond acceptors (Lipinski definition) is 7. The molecule has 0 atom stereocenters. The van der Waals surface area contributed by atoms with Gasteiger partial charge in [-0.15, -0.1) is 0 Å². The van der Waals surface area contributed by atoms with Gasteiger partial charge in [0.25, 0.3) is 0 Å². The van der Waals surface area contributed by atoms with Crippen molar-refractivity contribution in [2.75, 3.05) is 19.8 Å². The number of ether oxygens (including phenoxy) is 3. The molecular formula is C24H17NO5S. The lowest BCUT2D eigenvalue weighted by Gasteiger charge is -2.18. The van der Waals surface area contributed by atoms with Gasteiger partial charge in [-0.1, -0.05) is 36.0 Å². The molecule has 0 amide bonds.